The van der Waals surface area contributed by atoms with Gasteiger partial charge in [0.25, 0.3) is 0 Å². The van der Waals surface area contributed by atoms with Crippen LogP contribution in [0.2, 0.25) is 0 Å². The molecule has 1 saturated carbocycles. The van der Waals surface area contributed by atoms with Crippen molar-refractivity contribution in [1.29, 1.82) is 0 Å². The van der Waals surface area contributed by atoms with Gasteiger partial charge in [-0.05, 0) is 54.4 Å². The van der Waals surface area contributed by atoms with Gasteiger partial charge in [-0.15, -0.1) is 0 Å². The topological polar surface area (TPSA) is 95.6 Å². The van der Waals surface area contributed by atoms with Crippen LogP contribution in [0.4, 0.5) is 4.39 Å². The molecule has 152 valence electrons. The number of nitrogens with zero attached hydrogens (tertiary/aromatic N) is 1. The lowest BCUT2D eigenvalue weighted by Gasteiger charge is -2.47. The molecule has 2 N–H and O–H groups in total. The zero-order chi connectivity index (χ0) is 20.3. The molecule has 3 saturated heterocycles. The van der Waals surface area contributed by atoms with Gasteiger partial charge in [-0.2, -0.15) is 0 Å². The molecule has 1 aromatic rings. The molecule has 4 aliphatic heterocycles. The molecule has 2 bridgehead atoms. The van der Waals surface area contributed by atoms with Crippen molar-refractivity contribution in [2.24, 2.45) is 0 Å². The SMILES string of the molecule is O=CC(=O)C1c2c(ccc(F)c2C2CC3CC(C2)N3)CN1C1CCC(=O)NC1=O. The van der Waals surface area contributed by atoms with Crippen LogP contribution >= 0.6 is 0 Å². The predicted octanol–water partition coefficient (Wildman–Crippen LogP) is 0.863. The number of Topliss-reactive ketones (excluding diaryl/α,β-unsaturated/α-hetero) is 1. The summed E-state index contributed by atoms with van der Waals surface area (Å²) >= 11 is 0. The maximum atomic E-state index is 15.0. The summed E-state index contributed by atoms with van der Waals surface area (Å²) in [7, 11) is 0. The Hall–Kier alpha value is -2.45. The van der Waals surface area contributed by atoms with E-state index < -0.39 is 23.8 Å². The monoisotopic (exact) mass is 399 g/mol. The molecule has 1 aromatic carbocycles. The Bertz CT molecular complexity index is 917. The number of nitrogens with one attached hydrogen (secondary N) is 2. The van der Waals surface area contributed by atoms with Crippen molar-refractivity contribution in [3.05, 3.63) is 34.6 Å². The van der Waals surface area contributed by atoms with Crippen molar-refractivity contribution in [3.63, 3.8) is 0 Å². The fourth-order valence-electron chi connectivity index (χ4n) is 5.64. The van der Waals surface area contributed by atoms with Crippen molar-refractivity contribution >= 4 is 23.9 Å². The van der Waals surface area contributed by atoms with Gasteiger partial charge < -0.3 is 5.32 Å². The van der Waals surface area contributed by atoms with Gasteiger partial charge in [0.05, 0.1) is 6.04 Å². The number of ketones is 1. The van der Waals surface area contributed by atoms with Gasteiger partial charge >= 0.3 is 0 Å². The summed E-state index contributed by atoms with van der Waals surface area (Å²) in [6.07, 6.45) is 3.38. The number of benzene rings is 1. The second-order valence-electron chi connectivity index (χ2n) is 8.56. The summed E-state index contributed by atoms with van der Waals surface area (Å²) < 4.78 is 15.0. The standard InChI is InChI=1S/C21H22FN3O4/c22-14-2-1-10-8-25(15-3-4-17(28)24-21(15)29)20(16(27)9-26)19(10)18(14)11-5-12-7-13(6-11)23-12/h1-2,9,11-13,15,20,23H,3-8H2,(H,24,28,29). The Morgan fingerprint density at radius 3 is 2.52 bits per heavy atom. The van der Waals surface area contributed by atoms with Crippen LogP contribution in [0.5, 0.6) is 0 Å². The number of rotatable bonds is 4. The van der Waals surface area contributed by atoms with Gasteiger partial charge in [0.1, 0.15) is 11.9 Å². The molecule has 0 radical (unpaired) electrons. The molecule has 8 heteroatoms. The number of imide groups is 1. The summed E-state index contributed by atoms with van der Waals surface area (Å²) in [6.45, 7) is 0.275. The summed E-state index contributed by atoms with van der Waals surface area (Å²) in [5.74, 6) is -1.87. The number of hydrogen-bond donors (Lipinski definition) is 2. The first kappa shape index (κ1) is 18.6. The molecule has 4 unspecified atom stereocenters. The average Bonchev–Trinajstić information content (AvgIpc) is 3.05. The molecule has 0 aromatic heterocycles. The third kappa shape index (κ3) is 2.93. The molecule has 1 aliphatic carbocycles. The third-order valence-electron chi connectivity index (χ3n) is 6.87. The highest BCUT2D eigenvalue weighted by molar-refractivity contribution is 6.27. The lowest BCUT2D eigenvalue weighted by Crippen LogP contribution is -2.57. The zero-order valence-corrected chi connectivity index (χ0v) is 15.8. The van der Waals surface area contributed by atoms with Gasteiger partial charge in [0.2, 0.25) is 17.6 Å². The molecule has 2 amide bonds. The fraction of sp³-hybridized carbons (Fsp3) is 0.524. The minimum Gasteiger partial charge on any atom is -0.311 e. The van der Waals surface area contributed by atoms with Crippen molar-refractivity contribution in [2.45, 2.75) is 68.7 Å². The highest BCUT2D eigenvalue weighted by atomic mass is 19.1. The van der Waals surface area contributed by atoms with E-state index in [1.807, 2.05) is 0 Å². The summed E-state index contributed by atoms with van der Waals surface area (Å²) in [4.78, 5) is 49.8. The second kappa shape index (κ2) is 6.81. The molecule has 4 fully saturated rings. The van der Waals surface area contributed by atoms with E-state index in [0.717, 1.165) is 24.8 Å². The van der Waals surface area contributed by atoms with Crippen LogP contribution in [0, 0.1) is 5.82 Å². The zero-order valence-electron chi connectivity index (χ0n) is 15.8. The van der Waals surface area contributed by atoms with Crippen molar-refractivity contribution < 1.29 is 23.6 Å². The maximum Gasteiger partial charge on any atom is 0.243 e. The van der Waals surface area contributed by atoms with E-state index in [2.05, 4.69) is 10.6 Å². The van der Waals surface area contributed by atoms with Crippen LogP contribution in [0.25, 0.3) is 0 Å². The fourth-order valence-corrected chi connectivity index (χ4v) is 5.64. The van der Waals surface area contributed by atoms with Gasteiger partial charge in [-0.1, -0.05) is 6.07 Å². The van der Waals surface area contributed by atoms with Gasteiger partial charge in [0.15, 0.2) is 6.29 Å². The number of aldehydes is 1. The summed E-state index contributed by atoms with van der Waals surface area (Å²) in [5, 5.41) is 5.75. The molecule has 29 heavy (non-hydrogen) atoms. The van der Waals surface area contributed by atoms with E-state index >= 15 is 4.39 Å². The summed E-state index contributed by atoms with van der Waals surface area (Å²) in [6, 6.07) is 2.11. The number of piperidine rings is 2. The number of amides is 2. The van der Waals surface area contributed by atoms with Crippen LogP contribution in [0.1, 0.15) is 60.8 Å². The van der Waals surface area contributed by atoms with Crippen LogP contribution in [-0.2, 0) is 25.7 Å². The maximum absolute atomic E-state index is 15.0. The predicted molar refractivity (Wildman–Crippen MR) is 99.2 cm³/mol. The molecule has 0 spiro atoms. The Balaban J connectivity index is 1.56. The first-order valence-electron chi connectivity index (χ1n) is 10.1. The van der Waals surface area contributed by atoms with E-state index in [-0.39, 0.29) is 43.3 Å². The Labute approximate surface area is 167 Å². The number of carbonyl (C=O) groups is 4. The smallest absolute Gasteiger partial charge is 0.243 e. The molecule has 4 atom stereocenters. The van der Waals surface area contributed by atoms with Crippen molar-refractivity contribution in [2.75, 3.05) is 0 Å². The van der Waals surface area contributed by atoms with E-state index in [9.17, 15) is 19.2 Å². The van der Waals surface area contributed by atoms with Crippen LogP contribution < -0.4 is 10.6 Å². The quantitative estimate of drug-likeness (QED) is 0.443. The largest absolute Gasteiger partial charge is 0.311 e. The number of fused-ring (bicyclic) bond motifs is 3. The lowest BCUT2D eigenvalue weighted by atomic mass is 9.71. The van der Waals surface area contributed by atoms with Crippen molar-refractivity contribution in [3.8, 4) is 0 Å². The molecule has 4 heterocycles. The van der Waals surface area contributed by atoms with Crippen LogP contribution in [0.3, 0.4) is 0 Å². The Morgan fingerprint density at radius 1 is 1.14 bits per heavy atom. The second-order valence-corrected chi connectivity index (χ2v) is 8.56. The number of hydrogen-bond acceptors (Lipinski definition) is 6. The third-order valence-corrected chi connectivity index (χ3v) is 6.87. The molecule has 7 nitrogen and oxygen atoms in total. The Morgan fingerprint density at radius 2 is 1.86 bits per heavy atom. The van der Waals surface area contributed by atoms with Crippen LogP contribution in [0.15, 0.2) is 12.1 Å². The minimum atomic E-state index is -0.983. The first-order valence-corrected chi connectivity index (χ1v) is 10.1. The lowest BCUT2D eigenvalue weighted by molar-refractivity contribution is -0.141. The van der Waals surface area contributed by atoms with Gasteiger partial charge in [-0.3, -0.25) is 29.4 Å². The molecular weight excluding hydrogens is 377 g/mol. The summed E-state index contributed by atoms with van der Waals surface area (Å²) in [5.41, 5.74) is 1.85. The minimum absolute atomic E-state index is 0.0152. The molecular formula is C21H22FN3O4. The number of halogens is 1. The molecule has 6 rings (SSSR count). The van der Waals surface area contributed by atoms with E-state index in [4.69, 9.17) is 0 Å². The van der Waals surface area contributed by atoms with Crippen molar-refractivity contribution in [1.82, 2.24) is 15.5 Å². The first-order chi connectivity index (χ1) is 14.0. The number of carbonyl (C=O) groups excluding carboxylic acids is 4. The van der Waals surface area contributed by atoms with Gasteiger partial charge in [0, 0.05) is 25.0 Å². The molecule has 5 aliphatic rings. The normalized spacial score (nSPS) is 33.6. The highest BCUT2D eigenvalue weighted by Crippen LogP contribution is 2.47. The van der Waals surface area contributed by atoms with E-state index in [1.54, 1.807) is 11.0 Å². The van der Waals surface area contributed by atoms with Crippen LogP contribution in [-0.4, -0.2) is 46.9 Å². The Kier molecular flexibility index (Phi) is 4.36. The highest BCUT2D eigenvalue weighted by Gasteiger charge is 2.47. The van der Waals surface area contributed by atoms with E-state index in [1.165, 1.54) is 6.07 Å². The van der Waals surface area contributed by atoms with E-state index in [0.29, 0.717) is 23.2 Å². The average molecular weight is 399 g/mol. The van der Waals surface area contributed by atoms with Gasteiger partial charge in [-0.25, -0.2) is 4.39 Å².